The minimum Gasteiger partial charge on any atom is -0.329 e. The molecule has 2 N–H and O–H groups in total. The minimum atomic E-state index is 0.141. The summed E-state index contributed by atoms with van der Waals surface area (Å²) < 4.78 is 0. The first kappa shape index (κ1) is 16.8. The van der Waals surface area contributed by atoms with Gasteiger partial charge in [0.2, 0.25) is 0 Å². The topological polar surface area (TPSA) is 29.3 Å². The van der Waals surface area contributed by atoms with Crippen molar-refractivity contribution in [2.45, 2.75) is 63.5 Å². The highest BCUT2D eigenvalue weighted by molar-refractivity contribution is 6.30. The molecule has 1 aromatic carbocycles. The standard InChI is InChI=1S/C18H29ClN2/c1-15(16-9-8-10-17(19)13-16)21(2)18(14-20)11-6-4-3-5-7-12-18/h8-10,13,15H,3-7,11-12,14,20H2,1-2H3. The van der Waals surface area contributed by atoms with Gasteiger partial charge in [-0.25, -0.2) is 0 Å². The third-order valence-electron chi connectivity index (χ3n) is 5.32. The molecule has 0 aliphatic heterocycles. The van der Waals surface area contributed by atoms with E-state index in [2.05, 4.69) is 31.0 Å². The van der Waals surface area contributed by atoms with E-state index in [1.807, 2.05) is 12.1 Å². The summed E-state index contributed by atoms with van der Waals surface area (Å²) in [5, 5.41) is 0.812. The molecule has 1 saturated carbocycles. The van der Waals surface area contributed by atoms with Gasteiger partial charge < -0.3 is 5.73 Å². The van der Waals surface area contributed by atoms with Gasteiger partial charge in [0.05, 0.1) is 0 Å². The second-order valence-corrected chi connectivity index (χ2v) is 6.97. The number of nitrogens with zero attached hydrogens (tertiary/aromatic N) is 1. The molecule has 1 aliphatic carbocycles. The Morgan fingerprint density at radius 3 is 2.38 bits per heavy atom. The van der Waals surface area contributed by atoms with Crippen molar-refractivity contribution in [2.24, 2.45) is 5.73 Å². The molecule has 1 unspecified atom stereocenters. The van der Waals surface area contributed by atoms with Crippen LogP contribution in [-0.4, -0.2) is 24.0 Å². The van der Waals surface area contributed by atoms with E-state index in [-0.39, 0.29) is 5.54 Å². The van der Waals surface area contributed by atoms with Crippen LogP contribution in [0, 0.1) is 0 Å². The zero-order valence-electron chi connectivity index (χ0n) is 13.4. The fraction of sp³-hybridized carbons (Fsp3) is 0.667. The highest BCUT2D eigenvalue weighted by atomic mass is 35.5. The maximum Gasteiger partial charge on any atom is 0.0409 e. The van der Waals surface area contributed by atoms with Crippen molar-refractivity contribution in [3.8, 4) is 0 Å². The monoisotopic (exact) mass is 308 g/mol. The fourth-order valence-corrected chi connectivity index (χ4v) is 3.86. The summed E-state index contributed by atoms with van der Waals surface area (Å²) in [5.41, 5.74) is 7.66. The van der Waals surface area contributed by atoms with Crippen LogP contribution in [0.2, 0.25) is 5.02 Å². The highest BCUT2D eigenvalue weighted by Gasteiger charge is 2.35. The molecule has 1 fully saturated rings. The van der Waals surface area contributed by atoms with Gasteiger partial charge in [-0.05, 0) is 44.5 Å². The van der Waals surface area contributed by atoms with Crippen LogP contribution in [0.15, 0.2) is 24.3 Å². The van der Waals surface area contributed by atoms with Crippen molar-refractivity contribution in [3.05, 3.63) is 34.9 Å². The number of nitrogens with two attached hydrogens (primary N) is 1. The molecule has 118 valence electrons. The van der Waals surface area contributed by atoms with Crippen molar-refractivity contribution in [2.75, 3.05) is 13.6 Å². The smallest absolute Gasteiger partial charge is 0.0409 e. The summed E-state index contributed by atoms with van der Waals surface area (Å²) in [4.78, 5) is 2.50. The van der Waals surface area contributed by atoms with Crippen molar-refractivity contribution >= 4 is 11.6 Å². The summed E-state index contributed by atoms with van der Waals surface area (Å²) in [6, 6.07) is 8.56. The van der Waals surface area contributed by atoms with Crippen LogP contribution in [0.5, 0.6) is 0 Å². The quantitative estimate of drug-likeness (QED) is 0.867. The van der Waals surface area contributed by atoms with E-state index >= 15 is 0 Å². The van der Waals surface area contributed by atoms with Crippen LogP contribution in [0.1, 0.15) is 63.5 Å². The summed E-state index contributed by atoms with van der Waals surface area (Å²) in [6.45, 7) is 3.01. The van der Waals surface area contributed by atoms with E-state index in [4.69, 9.17) is 17.3 Å². The summed E-state index contributed by atoms with van der Waals surface area (Å²) in [5.74, 6) is 0. The predicted octanol–water partition coefficient (Wildman–Crippen LogP) is 4.77. The molecule has 1 aliphatic rings. The van der Waals surface area contributed by atoms with Gasteiger partial charge in [-0.1, -0.05) is 55.8 Å². The molecule has 1 atom stereocenters. The van der Waals surface area contributed by atoms with Crippen LogP contribution < -0.4 is 5.73 Å². The van der Waals surface area contributed by atoms with E-state index in [1.165, 1.54) is 50.5 Å². The molecule has 1 aromatic rings. The van der Waals surface area contributed by atoms with E-state index in [0.29, 0.717) is 6.04 Å². The number of halogens is 1. The predicted molar refractivity (Wildman–Crippen MR) is 91.7 cm³/mol. The molecule has 0 saturated heterocycles. The van der Waals surface area contributed by atoms with Crippen LogP contribution in [-0.2, 0) is 0 Å². The summed E-state index contributed by atoms with van der Waals surface area (Å²) in [7, 11) is 2.24. The first-order valence-corrected chi connectivity index (χ1v) is 8.65. The molecule has 0 aromatic heterocycles. The lowest BCUT2D eigenvalue weighted by molar-refractivity contribution is 0.0584. The summed E-state index contributed by atoms with van der Waals surface area (Å²) in [6.07, 6.45) is 9.10. The fourth-order valence-electron chi connectivity index (χ4n) is 3.67. The molecule has 3 heteroatoms. The molecule has 2 nitrogen and oxygen atoms in total. The zero-order valence-corrected chi connectivity index (χ0v) is 14.2. The van der Waals surface area contributed by atoms with Crippen LogP contribution >= 0.6 is 11.6 Å². The number of likely N-dealkylation sites (N-methyl/N-ethyl adjacent to an activating group) is 1. The third kappa shape index (κ3) is 4.00. The van der Waals surface area contributed by atoms with Crippen molar-refractivity contribution in [3.63, 3.8) is 0 Å². The van der Waals surface area contributed by atoms with Crippen molar-refractivity contribution < 1.29 is 0 Å². The molecule has 0 spiro atoms. The van der Waals surface area contributed by atoms with Crippen LogP contribution in [0.25, 0.3) is 0 Å². The maximum absolute atomic E-state index is 6.24. The Morgan fingerprint density at radius 1 is 1.19 bits per heavy atom. The second-order valence-electron chi connectivity index (χ2n) is 6.54. The normalized spacial score (nSPS) is 20.8. The van der Waals surface area contributed by atoms with E-state index in [0.717, 1.165) is 11.6 Å². The molecule has 0 radical (unpaired) electrons. The minimum absolute atomic E-state index is 0.141. The first-order chi connectivity index (χ1) is 10.1. The van der Waals surface area contributed by atoms with Gasteiger partial charge in [0.15, 0.2) is 0 Å². The lowest BCUT2D eigenvalue weighted by Gasteiger charge is -2.46. The average Bonchev–Trinajstić information content (AvgIpc) is 2.46. The Labute approximate surface area is 134 Å². The number of benzene rings is 1. The largest absolute Gasteiger partial charge is 0.329 e. The van der Waals surface area contributed by atoms with Crippen molar-refractivity contribution in [1.29, 1.82) is 0 Å². The van der Waals surface area contributed by atoms with Crippen LogP contribution in [0.4, 0.5) is 0 Å². The zero-order chi connectivity index (χ0) is 15.3. The van der Waals surface area contributed by atoms with Gasteiger partial charge in [0.25, 0.3) is 0 Å². The molecular weight excluding hydrogens is 280 g/mol. The maximum atomic E-state index is 6.24. The highest BCUT2D eigenvalue weighted by Crippen LogP contribution is 2.36. The second kappa shape index (κ2) is 7.62. The molecule has 21 heavy (non-hydrogen) atoms. The van der Waals surface area contributed by atoms with Crippen molar-refractivity contribution in [1.82, 2.24) is 4.90 Å². The van der Waals surface area contributed by atoms with Gasteiger partial charge >= 0.3 is 0 Å². The number of hydrogen-bond donors (Lipinski definition) is 1. The molecule has 0 heterocycles. The Bertz CT molecular complexity index is 439. The lowest BCUT2D eigenvalue weighted by Crippen LogP contribution is -2.53. The molecular formula is C18H29ClN2. The Kier molecular flexibility index (Phi) is 6.09. The average molecular weight is 309 g/mol. The van der Waals surface area contributed by atoms with E-state index < -0.39 is 0 Å². The lowest BCUT2D eigenvalue weighted by atomic mass is 9.81. The van der Waals surface area contributed by atoms with Gasteiger partial charge in [-0.3, -0.25) is 4.90 Å². The van der Waals surface area contributed by atoms with Gasteiger partial charge in [-0.15, -0.1) is 0 Å². The Balaban J connectivity index is 2.19. The van der Waals surface area contributed by atoms with E-state index in [1.54, 1.807) is 0 Å². The Hall–Kier alpha value is -0.570. The van der Waals surface area contributed by atoms with Gasteiger partial charge in [0.1, 0.15) is 0 Å². The number of rotatable bonds is 4. The Morgan fingerprint density at radius 2 is 1.81 bits per heavy atom. The SMILES string of the molecule is CC(c1cccc(Cl)c1)N(C)C1(CN)CCCCCCC1. The number of hydrogen-bond acceptors (Lipinski definition) is 2. The first-order valence-electron chi connectivity index (χ1n) is 8.27. The third-order valence-corrected chi connectivity index (χ3v) is 5.56. The molecule has 0 bridgehead atoms. The van der Waals surface area contributed by atoms with Gasteiger partial charge in [0, 0.05) is 23.1 Å². The van der Waals surface area contributed by atoms with Crippen LogP contribution in [0.3, 0.4) is 0 Å². The van der Waals surface area contributed by atoms with E-state index in [9.17, 15) is 0 Å². The molecule has 2 rings (SSSR count). The molecule has 0 amide bonds. The van der Waals surface area contributed by atoms with Gasteiger partial charge in [-0.2, -0.15) is 0 Å². The summed E-state index contributed by atoms with van der Waals surface area (Å²) >= 11 is 6.15.